The van der Waals surface area contributed by atoms with Crippen molar-refractivity contribution in [1.29, 1.82) is 0 Å². The van der Waals surface area contributed by atoms with E-state index in [9.17, 15) is 4.79 Å². The lowest BCUT2D eigenvalue weighted by Crippen LogP contribution is -2.49. The van der Waals surface area contributed by atoms with Crippen LogP contribution >= 0.6 is 11.6 Å². The van der Waals surface area contributed by atoms with E-state index >= 15 is 0 Å². The maximum Gasteiger partial charge on any atom is 0.272 e. The first-order chi connectivity index (χ1) is 9.15. The number of carbonyl (C=O) groups excluding carboxylic acids is 1. The van der Waals surface area contributed by atoms with Crippen molar-refractivity contribution >= 4 is 17.5 Å². The minimum atomic E-state index is 0.0907. The Kier molecular flexibility index (Phi) is 4.82. The maximum atomic E-state index is 12.5. The summed E-state index contributed by atoms with van der Waals surface area (Å²) in [6, 6.07) is 1.87. The molecule has 0 aromatic carbocycles. The Hall–Kier alpha value is -1.07. The normalized spacial score (nSPS) is 16.9. The molecule has 0 spiro atoms. The molecule has 0 N–H and O–H groups in total. The van der Waals surface area contributed by atoms with Crippen molar-refractivity contribution in [2.75, 3.05) is 38.6 Å². The third-order valence-electron chi connectivity index (χ3n) is 3.48. The van der Waals surface area contributed by atoms with Gasteiger partial charge in [-0.25, -0.2) is 0 Å². The Morgan fingerprint density at radius 1 is 1.37 bits per heavy atom. The Morgan fingerprint density at radius 2 is 2.05 bits per heavy atom. The van der Waals surface area contributed by atoms with Crippen molar-refractivity contribution in [2.45, 2.75) is 20.4 Å². The molecule has 1 amide bonds. The number of hydrogen-bond donors (Lipinski definition) is 0. The molecule has 106 valence electrons. The van der Waals surface area contributed by atoms with Crippen LogP contribution in [0.25, 0.3) is 0 Å². The fourth-order valence-corrected chi connectivity index (χ4v) is 2.65. The Bertz CT molecular complexity index is 438. The van der Waals surface area contributed by atoms with Gasteiger partial charge in [-0.15, -0.1) is 11.6 Å². The standard InChI is InChI=1S/C13H21ClN4O/c1-3-18-12(10-11(2)15-18)13(19)17-8-6-16(5-4-14)7-9-17/h10H,3-9H2,1-2H3. The summed E-state index contributed by atoms with van der Waals surface area (Å²) in [5.41, 5.74) is 1.59. The van der Waals surface area contributed by atoms with Crippen LogP contribution < -0.4 is 0 Å². The topological polar surface area (TPSA) is 41.4 Å². The number of hydrogen-bond acceptors (Lipinski definition) is 3. The molecule has 0 atom stereocenters. The van der Waals surface area contributed by atoms with Crippen molar-refractivity contribution in [3.05, 3.63) is 17.5 Å². The van der Waals surface area contributed by atoms with Gasteiger partial charge in [0.05, 0.1) is 5.69 Å². The fourth-order valence-electron chi connectivity index (χ4n) is 2.41. The van der Waals surface area contributed by atoms with Crippen LogP contribution in [0.15, 0.2) is 6.07 Å². The highest BCUT2D eigenvalue weighted by atomic mass is 35.5. The molecule has 5 nitrogen and oxygen atoms in total. The minimum Gasteiger partial charge on any atom is -0.335 e. The van der Waals surface area contributed by atoms with Gasteiger partial charge < -0.3 is 4.90 Å². The highest BCUT2D eigenvalue weighted by Gasteiger charge is 2.24. The average Bonchev–Trinajstić information content (AvgIpc) is 2.80. The lowest BCUT2D eigenvalue weighted by molar-refractivity contribution is 0.0632. The van der Waals surface area contributed by atoms with Crippen LogP contribution in [0.5, 0.6) is 0 Å². The molecule has 0 aliphatic carbocycles. The van der Waals surface area contributed by atoms with Gasteiger partial charge in [0.2, 0.25) is 0 Å². The number of carbonyl (C=O) groups is 1. The first kappa shape index (κ1) is 14.3. The lowest BCUT2D eigenvalue weighted by Gasteiger charge is -2.34. The van der Waals surface area contributed by atoms with Gasteiger partial charge in [-0.05, 0) is 19.9 Å². The van der Waals surface area contributed by atoms with E-state index in [0.717, 1.165) is 45.0 Å². The quantitative estimate of drug-likeness (QED) is 0.781. The van der Waals surface area contributed by atoms with E-state index in [1.165, 1.54) is 0 Å². The number of alkyl halides is 1. The van der Waals surface area contributed by atoms with Crippen LogP contribution in [-0.4, -0.2) is 64.1 Å². The fraction of sp³-hybridized carbons (Fsp3) is 0.692. The smallest absolute Gasteiger partial charge is 0.272 e. The number of aromatic nitrogens is 2. The zero-order valence-corrected chi connectivity index (χ0v) is 12.4. The highest BCUT2D eigenvalue weighted by Crippen LogP contribution is 2.10. The van der Waals surface area contributed by atoms with Crippen molar-refractivity contribution in [3.8, 4) is 0 Å². The summed E-state index contributed by atoms with van der Waals surface area (Å²) in [5, 5.41) is 4.33. The van der Waals surface area contributed by atoms with Crippen molar-refractivity contribution in [3.63, 3.8) is 0 Å². The molecule has 1 aliphatic heterocycles. The third-order valence-corrected chi connectivity index (χ3v) is 3.65. The van der Waals surface area contributed by atoms with Gasteiger partial charge in [-0.2, -0.15) is 5.10 Å². The molecular weight excluding hydrogens is 264 g/mol. The van der Waals surface area contributed by atoms with E-state index in [4.69, 9.17) is 11.6 Å². The largest absolute Gasteiger partial charge is 0.335 e. The number of piperazine rings is 1. The monoisotopic (exact) mass is 284 g/mol. The number of halogens is 1. The van der Waals surface area contributed by atoms with E-state index in [1.807, 2.05) is 24.8 Å². The number of rotatable bonds is 4. The second-order valence-corrected chi connectivity index (χ2v) is 5.19. The SMILES string of the molecule is CCn1nc(C)cc1C(=O)N1CCN(CCCl)CC1. The van der Waals surface area contributed by atoms with Crippen LogP contribution in [0.4, 0.5) is 0 Å². The van der Waals surface area contributed by atoms with Gasteiger partial charge in [-0.3, -0.25) is 14.4 Å². The molecule has 2 rings (SSSR count). The van der Waals surface area contributed by atoms with Crippen LogP contribution in [0.1, 0.15) is 23.1 Å². The molecule has 1 saturated heterocycles. The van der Waals surface area contributed by atoms with Crippen LogP contribution in [0.2, 0.25) is 0 Å². The molecule has 1 aromatic rings. The van der Waals surface area contributed by atoms with Gasteiger partial charge in [-0.1, -0.05) is 0 Å². The van der Waals surface area contributed by atoms with Crippen LogP contribution in [0.3, 0.4) is 0 Å². The Labute approximate surface area is 119 Å². The van der Waals surface area contributed by atoms with Crippen molar-refractivity contribution in [2.24, 2.45) is 0 Å². The Morgan fingerprint density at radius 3 is 2.63 bits per heavy atom. The highest BCUT2D eigenvalue weighted by molar-refractivity contribution is 6.18. The summed E-state index contributed by atoms with van der Waals surface area (Å²) in [5.74, 6) is 0.739. The molecule has 1 aliphatic rings. The summed E-state index contributed by atoms with van der Waals surface area (Å²) in [7, 11) is 0. The van der Waals surface area contributed by atoms with Gasteiger partial charge in [0.25, 0.3) is 5.91 Å². The predicted molar refractivity (Wildman–Crippen MR) is 75.7 cm³/mol. The lowest BCUT2D eigenvalue weighted by atomic mass is 10.2. The van der Waals surface area contributed by atoms with E-state index in [1.54, 1.807) is 4.68 Å². The molecule has 1 aromatic heterocycles. The van der Waals surface area contributed by atoms with E-state index < -0.39 is 0 Å². The molecule has 0 saturated carbocycles. The average molecular weight is 285 g/mol. The van der Waals surface area contributed by atoms with Gasteiger partial charge in [0.1, 0.15) is 5.69 Å². The van der Waals surface area contributed by atoms with Crippen LogP contribution in [-0.2, 0) is 6.54 Å². The first-order valence-electron chi connectivity index (χ1n) is 6.77. The predicted octanol–water partition coefficient (Wildman–Crippen LogP) is 1.21. The summed E-state index contributed by atoms with van der Waals surface area (Å²) < 4.78 is 1.78. The van der Waals surface area contributed by atoms with E-state index in [0.29, 0.717) is 11.6 Å². The molecule has 6 heteroatoms. The van der Waals surface area contributed by atoms with Gasteiger partial charge in [0.15, 0.2) is 0 Å². The number of nitrogens with zero attached hydrogens (tertiary/aromatic N) is 4. The molecule has 0 bridgehead atoms. The van der Waals surface area contributed by atoms with E-state index in [2.05, 4.69) is 10.00 Å². The third kappa shape index (κ3) is 3.28. The van der Waals surface area contributed by atoms with Gasteiger partial charge >= 0.3 is 0 Å². The second-order valence-electron chi connectivity index (χ2n) is 4.81. The molecule has 0 unspecified atom stereocenters. The minimum absolute atomic E-state index is 0.0907. The van der Waals surface area contributed by atoms with Gasteiger partial charge in [0, 0.05) is 45.1 Å². The summed E-state index contributed by atoms with van der Waals surface area (Å²) in [6.07, 6.45) is 0. The number of amides is 1. The summed E-state index contributed by atoms with van der Waals surface area (Å²) in [6.45, 7) is 8.88. The van der Waals surface area contributed by atoms with Crippen LogP contribution in [0, 0.1) is 6.92 Å². The molecular formula is C13H21ClN4O. The Balaban J connectivity index is 2.01. The zero-order chi connectivity index (χ0) is 13.8. The summed E-state index contributed by atoms with van der Waals surface area (Å²) in [4.78, 5) is 16.7. The summed E-state index contributed by atoms with van der Waals surface area (Å²) >= 11 is 5.74. The van der Waals surface area contributed by atoms with E-state index in [-0.39, 0.29) is 5.91 Å². The molecule has 1 fully saturated rings. The zero-order valence-electron chi connectivity index (χ0n) is 11.6. The first-order valence-corrected chi connectivity index (χ1v) is 7.31. The van der Waals surface area contributed by atoms with Crippen molar-refractivity contribution < 1.29 is 4.79 Å². The second kappa shape index (κ2) is 6.39. The number of aryl methyl sites for hydroxylation is 2. The van der Waals surface area contributed by atoms with Crippen molar-refractivity contribution in [1.82, 2.24) is 19.6 Å². The molecule has 0 radical (unpaired) electrons. The molecule has 2 heterocycles. The maximum absolute atomic E-state index is 12.5. The molecule has 19 heavy (non-hydrogen) atoms.